The average molecular weight is 420 g/mol. The van der Waals surface area contributed by atoms with Crippen molar-refractivity contribution in [2.45, 2.75) is 4.90 Å². The molecule has 4 rings (SSSR count). The topological polar surface area (TPSA) is 57.5 Å². The molecule has 0 atom stereocenters. The molecule has 4 aromatic rings. The molecule has 0 saturated carbocycles. The molecule has 0 fully saturated rings. The van der Waals surface area contributed by atoms with Crippen LogP contribution in [0.2, 0.25) is 0 Å². The van der Waals surface area contributed by atoms with Gasteiger partial charge in [0.2, 0.25) is 0 Å². The molecule has 0 saturated heterocycles. The van der Waals surface area contributed by atoms with Gasteiger partial charge < -0.3 is 9.79 Å². The van der Waals surface area contributed by atoms with Gasteiger partial charge in [0.15, 0.2) is 0 Å². The van der Waals surface area contributed by atoms with Crippen LogP contribution in [-0.4, -0.2) is 9.79 Å². The van der Waals surface area contributed by atoms with Gasteiger partial charge in [-0.2, -0.15) is 0 Å². The van der Waals surface area contributed by atoms with Crippen molar-refractivity contribution >= 4 is 25.5 Å². The van der Waals surface area contributed by atoms with Gasteiger partial charge in [-0.1, -0.05) is 91.0 Å². The molecule has 0 aliphatic rings. The minimum absolute atomic E-state index is 0.0247. The zero-order valence-corrected chi connectivity index (χ0v) is 17.4. The molecule has 0 heterocycles. The van der Waals surface area contributed by atoms with Gasteiger partial charge in [-0.3, -0.25) is 4.57 Å². The van der Waals surface area contributed by atoms with E-state index in [1.54, 1.807) is 12.1 Å². The Labute approximate surface area is 176 Å². The Kier molecular flexibility index (Phi) is 7.08. The second-order valence-electron chi connectivity index (χ2n) is 6.35. The summed E-state index contributed by atoms with van der Waals surface area (Å²) in [6.07, 6.45) is 0. The van der Waals surface area contributed by atoms with Crippen molar-refractivity contribution in [2.24, 2.45) is 0 Å². The van der Waals surface area contributed by atoms with E-state index in [1.807, 2.05) is 12.1 Å². The minimum atomic E-state index is -4.13. The normalized spacial score (nSPS) is 10.7. The van der Waals surface area contributed by atoms with Crippen LogP contribution in [0.5, 0.6) is 0 Å². The summed E-state index contributed by atoms with van der Waals surface area (Å²) in [6, 6.07) is 35.8. The highest BCUT2D eigenvalue weighted by atomic mass is 32.1. The van der Waals surface area contributed by atoms with Crippen molar-refractivity contribution in [3.63, 3.8) is 0 Å². The molecule has 0 aliphatic carbocycles. The summed E-state index contributed by atoms with van der Waals surface area (Å²) in [5.74, 6) is 0. The number of thiol groups is 1. The van der Waals surface area contributed by atoms with E-state index < -0.39 is 7.60 Å². The van der Waals surface area contributed by atoms with Gasteiger partial charge in [-0.05, 0) is 40.5 Å². The van der Waals surface area contributed by atoms with Crippen LogP contribution < -0.4 is 5.30 Å². The highest BCUT2D eigenvalue weighted by molar-refractivity contribution is 7.81. The van der Waals surface area contributed by atoms with Gasteiger partial charge in [0.1, 0.15) is 0 Å². The van der Waals surface area contributed by atoms with Gasteiger partial charge >= 0.3 is 7.60 Å². The van der Waals surface area contributed by atoms with Gasteiger partial charge in [0, 0.05) is 4.90 Å². The second kappa shape index (κ2) is 9.73. The molecule has 3 nitrogen and oxygen atoms in total. The predicted octanol–water partition coefficient (Wildman–Crippen LogP) is 5.80. The van der Waals surface area contributed by atoms with Crippen LogP contribution >= 0.6 is 20.2 Å². The van der Waals surface area contributed by atoms with Crippen LogP contribution in [0.4, 0.5) is 0 Å². The van der Waals surface area contributed by atoms with E-state index in [4.69, 9.17) is 9.79 Å². The number of hydrogen-bond acceptors (Lipinski definition) is 2. The molecular formula is C24H21O3PS. The molecule has 0 aliphatic heterocycles. The molecule has 0 radical (unpaired) electrons. The van der Waals surface area contributed by atoms with Gasteiger partial charge in [0.05, 0.1) is 5.30 Å². The lowest BCUT2D eigenvalue weighted by molar-refractivity contribution is 0.387. The van der Waals surface area contributed by atoms with Gasteiger partial charge in [0.25, 0.3) is 0 Å². The smallest absolute Gasteiger partial charge is 0.321 e. The van der Waals surface area contributed by atoms with Crippen molar-refractivity contribution in [1.82, 2.24) is 0 Å². The van der Waals surface area contributed by atoms with Crippen LogP contribution in [0.1, 0.15) is 0 Å². The highest BCUT2D eigenvalue weighted by Crippen LogP contribution is 2.35. The van der Waals surface area contributed by atoms with E-state index in [1.165, 1.54) is 34.4 Å². The zero-order chi connectivity index (χ0) is 20.7. The number of hydrogen-bond donors (Lipinski definition) is 3. The Balaban J connectivity index is 0.000000188. The van der Waals surface area contributed by atoms with Gasteiger partial charge in [-0.15, -0.1) is 12.6 Å². The molecule has 0 aromatic heterocycles. The molecule has 146 valence electrons. The first-order valence-electron chi connectivity index (χ1n) is 9.00. The summed E-state index contributed by atoms with van der Waals surface area (Å²) in [5, 5.41) is -0.0247. The lowest BCUT2D eigenvalue weighted by Crippen LogP contribution is -2.04. The van der Waals surface area contributed by atoms with Crippen LogP contribution in [0, 0.1) is 0 Å². The maximum absolute atomic E-state index is 10.7. The van der Waals surface area contributed by atoms with E-state index >= 15 is 0 Å². The summed E-state index contributed by atoms with van der Waals surface area (Å²) in [5.41, 5.74) is 5.04. The first-order valence-corrected chi connectivity index (χ1v) is 11.1. The van der Waals surface area contributed by atoms with Crippen LogP contribution in [0.15, 0.2) is 114 Å². The van der Waals surface area contributed by atoms with Gasteiger partial charge in [-0.25, -0.2) is 0 Å². The Bertz CT molecular complexity index is 1050. The quantitative estimate of drug-likeness (QED) is 0.290. The monoisotopic (exact) mass is 420 g/mol. The fourth-order valence-corrected chi connectivity index (χ4v) is 4.05. The summed E-state index contributed by atoms with van der Waals surface area (Å²) >= 11 is 3.90. The molecular weight excluding hydrogens is 399 g/mol. The van der Waals surface area contributed by atoms with E-state index in [-0.39, 0.29) is 5.30 Å². The number of rotatable bonds is 3. The van der Waals surface area contributed by atoms with Crippen molar-refractivity contribution in [2.75, 3.05) is 0 Å². The van der Waals surface area contributed by atoms with E-state index in [0.717, 1.165) is 0 Å². The molecule has 0 spiro atoms. The molecule has 4 aromatic carbocycles. The molecule has 5 heteroatoms. The molecule has 0 bridgehead atoms. The van der Waals surface area contributed by atoms with E-state index in [9.17, 15) is 4.57 Å². The van der Waals surface area contributed by atoms with E-state index in [0.29, 0.717) is 4.90 Å². The van der Waals surface area contributed by atoms with E-state index in [2.05, 4.69) is 85.4 Å². The largest absolute Gasteiger partial charge is 0.357 e. The lowest BCUT2D eigenvalue weighted by atomic mass is 9.99. The fourth-order valence-electron chi connectivity index (χ4n) is 2.85. The fraction of sp³-hybridized carbons (Fsp3) is 0. The lowest BCUT2D eigenvalue weighted by Gasteiger charge is -2.05. The highest BCUT2D eigenvalue weighted by Gasteiger charge is 2.18. The third-order valence-corrected chi connectivity index (χ3v) is 5.86. The Morgan fingerprint density at radius 1 is 0.552 bits per heavy atom. The number of benzene rings is 4. The average Bonchev–Trinajstić information content (AvgIpc) is 2.75. The predicted molar refractivity (Wildman–Crippen MR) is 123 cm³/mol. The first-order chi connectivity index (χ1) is 13.9. The Morgan fingerprint density at radius 3 is 1.38 bits per heavy atom. The zero-order valence-electron chi connectivity index (χ0n) is 15.6. The first kappa shape index (κ1) is 21.1. The molecule has 2 N–H and O–H groups in total. The molecule has 0 amide bonds. The SMILES string of the molecule is O=P(O)(O)c1ccccc1S.c1ccc(-c2cccc(-c3ccccc3)c2)cc1. The van der Waals surface area contributed by atoms with Crippen LogP contribution in [0.3, 0.4) is 0 Å². The minimum Gasteiger partial charge on any atom is -0.321 e. The third-order valence-electron chi connectivity index (χ3n) is 4.27. The summed E-state index contributed by atoms with van der Waals surface area (Å²) in [6.45, 7) is 0. The summed E-state index contributed by atoms with van der Waals surface area (Å²) < 4.78 is 10.7. The second-order valence-corrected chi connectivity index (χ2v) is 8.40. The van der Waals surface area contributed by atoms with Crippen molar-refractivity contribution in [1.29, 1.82) is 0 Å². The Hall–Kier alpha value is -2.62. The van der Waals surface area contributed by atoms with Crippen molar-refractivity contribution < 1.29 is 14.4 Å². The van der Waals surface area contributed by atoms with Crippen LogP contribution in [0.25, 0.3) is 22.3 Å². The summed E-state index contributed by atoms with van der Waals surface area (Å²) in [4.78, 5) is 17.8. The maximum atomic E-state index is 10.7. The third kappa shape index (κ3) is 5.93. The van der Waals surface area contributed by atoms with Crippen molar-refractivity contribution in [3.05, 3.63) is 109 Å². The maximum Gasteiger partial charge on any atom is 0.357 e. The standard InChI is InChI=1S/C18H14.C6H7O3PS/c1-3-8-15(9-4-1)17-12-7-13-18(14-17)16-10-5-2-6-11-16;7-10(8,9)5-3-1-2-4-6(5)11/h1-14H;1-4,11H,(H2,7,8,9). The molecule has 29 heavy (non-hydrogen) atoms. The van der Waals surface area contributed by atoms with Crippen LogP contribution in [-0.2, 0) is 4.57 Å². The summed E-state index contributed by atoms with van der Waals surface area (Å²) in [7, 11) is -4.13. The van der Waals surface area contributed by atoms with Crippen molar-refractivity contribution in [3.8, 4) is 22.3 Å². The Morgan fingerprint density at radius 2 is 0.966 bits per heavy atom. The molecule has 0 unspecified atom stereocenters.